The third-order valence-electron chi connectivity index (χ3n) is 2.92. The highest BCUT2D eigenvalue weighted by Crippen LogP contribution is 2.25. The molecule has 0 aromatic carbocycles. The first-order valence-electron chi connectivity index (χ1n) is 6.16. The Hall–Kier alpha value is -0.940. The molecule has 1 fully saturated rings. The molecule has 1 saturated heterocycles. The average Bonchev–Trinajstić information content (AvgIpc) is 2.27. The summed E-state index contributed by atoms with van der Waals surface area (Å²) < 4.78 is 17.2. The number of aromatic nitrogens is 2. The Balaban J connectivity index is 2.34. The van der Waals surface area contributed by atoms with Crippen LogP contribution in [0.2, 0.25) is 0 Å². The molecule has 0 bridgehead atoms. The quantitative estimate of drug-likeness (QED) is 0.760. The summed E-state index contributed by atoms with van der Waals surface area (Å²) in [6, 6.07) is 1.97. The number of rotatable bonds is 2. The van der Waals surface area contributed by atoms with Gasteiger partial charge in [0.25, 0.3) is 0 Å². The molecular weight excluding hydrogens is 248 g/mol. The van der Waals surface area contributed by atoms with Crippen LogP contribution in [0.1, 0.15) is 36.0 Å². The van der Waals surface area contributed by atoms with E-state index in [0.29, 0.717) is 5.92 Å². The fraction of sp³-hybridized carbons (Fsp3) is 0.615. The maximum absolute atomic E-state index is 11.8. The van der Waals surface area contributed by atoms with E-state index in [2.05, 4.69) is 9.97 Å². The van der Waals surface area contributed by atoms with Gasteiger partial charge in [-0.25, -0.2) is 9.97 Å². The molecule has 0 unspecified atom stereocenters. The second-order valence-electron chi connectivity index (χ2n) is 5.08. The summed E-state index contributed by atoms with van der Waals surface area (Å²) in [5, 5.41) is 1.74. The fourth-order valence-electron chi connectivity index (χ4n) is 2.17. The summed E-state index contributed by atoms with van der Waals surface area (Å²) >= 11 is 0. The Morgan fingerprint density at radius 1 is 1.33 bits per heavy atom. The smallest absolute Gasteiger partial charge is 0.126 e. The standard InChI is InChI=1S/C13H20N2O2S/c1-10-14-12(9-18(2,3)16)8-13(15-10)11-4-6-17-7-5-11/h8-9,11H,4-7H2,1-3H3. The second-order valence-corrected chi connectivity index (χ2v) is 7.93. The van der Waals surface area contributed by atoms with Gasteiger partial charge in [-0.2, -0.15) is 0 Å². The van der Waals surface area contributed by atoms with Crippen LogP contribution in [0.3, 0.4) is 0 Å². The van der Waals surface area contributed by atoms with E-state index in [1.54, 1.807) is 17.9 Å². The zero-order valence-electron chi connectivity index (χ0n) is 11.2. The summed E-state index contributed by atoms with van der Waals surface area (Å²) in [7, 11) is -1.93. The second kappa shape index (κ2) is 5.36. The van der Waals surface area contributed by atoms with Crippen molar-refractivity contribution in [2.45, 2.75) is 25.7 Å². The van der Waals surface area contributed by atoms with Gasteiger partial charge < -0.3 is 4.74 Å². The minimum Gasteiger partial charge on any atom is -0.381 e. The molecule has 5 heteroatoms. The summed E-state index contributed by atoms with van der Waals surface area (Å²) in [5.74, 6) is 1.19. The van der Waals surface area contributed by atoms with Crippen LogP contribution in [0.5, 0.6) is 0 Å². The maximum Gasteiger partial charge on any atom is 0.126 e. The Kier molecular flexibility index (Phi) is 4.02. The van der Waals surface area contributed by atoms with Gasteiger partial charge in [0.05, 0.1) is 5.69 Å². The monoisotopic (exact) mass is 268 g/mol. The highest BCUT2D eigenvalue weighted by molar-refractivity contribution is 8.00. The molecule has 2 rings (SSSR count). The first-order valence-corrected chi connectivity index (χ1v) is 8.60. The van der Waals surface area contributed by atoms with E-state index < -0.39 is 9.52 Å². The van der Waals surface area contributed by atoms with E-state index in [4.69, 9.17) is 4.74 Å². The lowest BCUT2D eigenvalue weighted by Gasteiger charge is -2.21. The van der Waals surface area contributed by atoms with Crippen LogP contribution in [-0.2, 0) is 14.3 Å². The van der Waals surface area contributed by atoms with E-state index in [1.807, 2.05) is 13.0 Å². The molecule has 2 heterocycles. The summed E-state index contributed by atoms with van der Waals surface area (Å²) in [4.78, 5) is 8.85. The first kappa shape index (κ1) is 13.5. The number of aryl methyl sites for hydroxylation is 1. The summed E-state index contributed by atoms with van der Waals surface area (Å²) in [6.45, 7) is 3.48. The first-order chi connectivity index (χ1) is 8.44. The van der Waals surface area contributed by atoms with Crippen molar-refractivity contribution in [1.29, 1.82) is 0 Å². The van der Waals surface area contributed by atoms with Gasteiger partial charge in [-0.05, 0) is 35.4 Å². The van der Waals surface area contributed by atoms with Crippen molar-refractivity contribution < 1.29 is 8.95 Å². The molecule has 0 spiro atoms. The van der Waals surface area contributed by atoms with Crippen LogP contribution < -0.4 is 0 Å². The molecule has 0 aliphatic carbocycles. The van der Waals surface area contributed by atoms with Gasteiger partial charge >= 0.3 is 0 Å². The molecule has 0 atom stereocenters. The van der Waals surface area contributed by atoms with E-state index in [-0.39, 0.29) is 0 Å². The number of nitrogens with zero attached hydrogens (tertiary/aromatic N) is 2. The minimum absolute atomic E-state index is 0.442. The molecule has 0 amide bonds. The number of hydrogen-bond donors (Lipinski definition) is 0. The Morgan fingerprint density at radius 3 is 2.61 bits per heavy atom. The number of ether oxygens (including phenoxy) is 1. The normalized spacial score (nSPS) is 17.7. The molecule has 1 aromatic heterocycles. The predicted molar refractivity (Wildman–Crippen MR) is 74.7 cm³/mol. The van der Waals surface area contributed by atoms with Gasteiger partial charge in [0, 0.05) is 42.7 Å². The van der Waals surface area contributed by atoms with Crippen LogP contribution in [-0.4, -0.2) is 45.3 Å². The van der Waals surface area contributed by atoms with Crippen molar-refractivity contribution in [3.63, 3.8) is 0 Å². The highest BCUT2D eigenvalue weighted by atomic mass is 32.2. The van der Waals surface area contributed by atoms with E-state index in [1.165, 1.54) is 0 Å². The Morgan fingerprint density at radius 2 is 2.00 bits per heavy atom. The topological polar surface area (TPSA) is 52.1 Å². The lowest BCUT2D eigenvalue weighted by molar-refractivity contribution is 0.0844. The Bertz CT molecular complexity index is 534. The van der Waals surface area contributed by atoms with Crippen LogP contribution >= 0.6 is 0 Å². The molecule has 1 aliphatic heterocycles. The maximum atomic E-state index is 11.8. The molecule has 1 aliphatic rings. The van der Waals surface area contributed by atoms with Crippen molar-refractivity contribution in [3.8, 4) is 0 Å². The van der Waals surface area contributed by atoms with Gasteiger partial charge in [0.15, 0.2) is 0 Å². The fourth-order valence-corrected chi connectivity index (χ4v) is 2.87. The molecule has 1 aromatic rings. The SMILES string of the molecule is Cc1nc(C=S(C)(C)=O)cc(C2CCOCC2)n1. The predicted octanol–water partition coefficient (Wildman–Crippen LogP) is 1.37. The van der Waals surface area contributed by atoms with Crippen molar-refractivity contribution in [1.82, 2.24) is 9.97 Å². The third kappa shape index (κ3) is 3.78. The molecule has 0 radical (unpaired) electrons. The van der Waals surface area contributed by atoms with Crippen molar-refractivity contribution in [3.05, 3.63) is 23.3 Å². The van der Waals surface area contributed by atoms with Gasteiger partial charge in [-0.1, -0.05) is 0 Å². The zero-order chi connectivity index (χ0) is 13.2. The lowest BCUT2D eigenvalue weighted by Crippen LogP contribution is -2.16. The molecule has 4 nitrogen and oxygen atoms in total. The molecular formula is C13H20N2O2S. The third-order valence-corrected chi connectivity index (χ3v) is 3.73. The van der Waals surface area contributed by atoms with E-state index in [9.17, 15) is 4.21 Å². The molecule has 0 saturated carbocycles. The van der Waals surface area contributed by atoms with Crippen LogP contribution in [0.25, 0.3) is 0 Å². The zero-order valence-corrected chi connectivity index (χ0v) is 12.0. The lowest BCUT2D eigenvalue weighted by atomic mass is 9.96. The number of hydrogen-bond acceptors (Lipinski definition) is 4. The van der Waals surface area contributed by atoms with Gasteiger partial charge in [0.1, 0.15) is 5.82 Å². The Labute approximate surface area is 109 Å². The van der Waals surface area contributed by atoms with Crippen LogP contribution in [0.15, 0.2) is 6.07 Å². The summed E-state index contributed by atoms with van der Waals surface area (Å²) in [5.41, 5.74) is 1.83. The molecule has 0 N–H and O–H groups in total. The van der Waals surface area contributed by atoms with Crippen molar-refractivity contribution >= 4 is 14.9 Å². The van der Waals surface area contributed by atoms with Crippen LogP contribution in [0, 0.1) is 6.92 Å². The average molecular weight is 268 g/mol. The van der Waals surface area contributed by atoms with Gasteiger partial charge in [0.2, 0.25) is 0 Å². The van der Waals surface area contributed by atoms with Crippen molar-refractivity contribution in [2.24, 2.45) is 0 Å². The van der Waals surface area contributed by atoms with Crippen molar-refractivity contribution in [2.75, 3.05) is 25.7 Å². The molecule has 18 heavy (non-hydrogen) atoms. The van der Waals surface area contributed by atoms with E-state index >= 15 is 0 Å². The highest BCUT2D eigenvalue weighted by Gasteiger charge is 2.18. The van der Waals surface area contributed by atoms with Crippen LogP contribution in [0.4, 0.5) is 0 Å². The largest absolute Gasteiger partial charge is 0.381 e. The minimum atomic E-state index is -1.93. The summed E-state index contributed by atoms with van der Waals surface area (Å²) in [6.07, 6.45) is 5.45. The van der Waals surface area contributed by atoms with Gasteiger partial charge in [-0.15, -0.1) is 0 Å². The van der Waals surface area contributed by atoms with Gasteiger partial charge in [-0.3, -0.25) is 4.21 Å². The molecule has 100 valence electrons. The van der Waals surface area contributed by atoms with E-state index in [0.717, 1.165) is 43.3 Å².